The number of benzene rings is 2. The third kappa shape index (κ3) is 4.14. The predicted molar refractivity (Wildman–Crippen MR) is 112 cm³/mol. The lowest BCUT2D eigenvalue weighted by molar-refractivity contribution is -0.122. The highest BCUT2D eigenvalue weighted by Gasteiger charge is 2.16. The Morgan fingerprint density at radius 3 is 2.23 bits per heavy atom. The van der Waals surface area contributed by atoms with E-state index in [1.807, 2.05) is 25.1 Å². The van der Waals surface area contributed by atoms with E-state index < -0.39 is 11.8 Å². The van der Waals surface area contributed by atoms with E-state index in [9.17, 15) is 14.4 Å². The molecule has 9 heteroatoms. The Kier molecular flexibility index (Phi) is 6.41. The number of amides is 2. The first-order valence-electron chi connectivity index (χ1n) is 9.49. The molecule has 0 saturated carbocycles. The number of rotatable bonds is 7. The van der Waals surface area contributed by atoms with Crippen LogP contribution in [0.15, 0.2) is 47.3 Å². The number of imidazole rings is 1. The second-order valence-electron chi connectivity index (χ2n) is 6.58. The van der Waals surface area contributed by atoms with Crippen molar-refractivity contribution in [1.29, 1.82) is 0 Å². The largest absolute Gasteiger partial charge is 0.493 e. The van der Waals surface area contributed by atoms with Gasteiger partial charge in [0.25, 0.3) is 11.8 Å². The van der Waals surface area contributed by atoms with Crippen LogP contribution in [0, 0.1) is 0 Å². The standard InChI is InChI=1S/C21H24N4O5/c1-4-11-24-15-7-5-6-8-16(15)25(21(24)28)13-19(26)22-23-20(27)14-9-10-17(29-2)18(12-14)30-3/h5-10,12H,4,11,13H2,1-3H3,(H,22,26)(H,23,27). The number of nitrogens with zero attached hydrogens (tertiary/aromatic N) is 2. The normalized spacial score (nSPS) is 10.6. The first-order valence-corrected chi connectivity index (χ1v) is 9.49. The molecule has 1 heterocycles. The van der Waals surface area contributed by atoms with E-state index in [2.05, 4.69) is 10.9 Å². The molecule has 0 saturated heterocycles. The zero-order chi connectivity index (χ0) is 21.7. The Bertz CT molecular complexity index is 1130. The van der Waals surface area contributed by atoms with Crippen molar-refractivity contribution in [3.63, 3.8) is 0 Å². The van der Waals surface area contributed by atoms with Gasteiger partial charge in [-0.05, 0) is 36.8 Å². The van der Waals surface area contributed by atoms with Crippen molar-refractivity contribution < 1.29 is 19.1 Å². The minimum absolute atomic E-state index is 0.220. The summed E-state index contributed by atoms with van der Waals surface area (Å²) in [7, 11) is 2.96. The summed E-state index contributed by atoms with van der Waals surface area (Å²) in [4.78, 5) is 37.5. The van der Waals surface area contributed by atoms with Crippen molar-refractivity contribution in [2.45, 2.75) is 26.4 Å². The number of hydrogen-bond donors (Lipinski definition) is 2. The molecule has 0 aliphatic heterocycles. The first-order chi connectivity index (χ1) is 14.5. The van der Waals surface area contributed by atoms with Crippen molar-refractivity contribution in [1.82, 2.24) is 20.0 Å². The molecule has 0 radical (unpaired) electrons. The van der Waals surface area contributed by atoms with Gasteiger partial charge in [0.05, 0.1) is 25.3 Å². The smallest absolute Gasteiger partial charge is 0.329 e. The average molecular weight is 412 g/mol. The maximum Gasteiger partial charge on any atom is 0.329 e. The quantitative estimate of drug-likeness (QED) is 0.575. The molecule has 3 rings (SSSR count). The van der Waals surface area contributed by atoms with Gasteiger partial charge in [0, 0.05) is 12.1 Å². The van der Waals surface area contributed by atoms with Crippen LogP contribution in [-0.2, 0) is 17.9 Å². The molecule has 0 unspecified atom stereocenters. The summed E-state index contributed by atoms with van der Waals surface area (Å²) >= 11 is 0. The van der Waals surface area contributed by atoms with E-state index in [0.717, 1.165) is 11.9 Å². The molecule has 0 atom stereocenters. The van der Waals surface area contributed by atoms with Crippen LogP contribution in [0.3, 0.4) is 0 Å². The van der Waals surface area contributed by atoms with Gasteiger partial charge in [0.2, 0.25) is 0 Å². The van der Waals surface area contributed by atoms with Crippen LogP contribution in [0.2, 0.25) is 0 Å². The van der Waals surface area contributed by atoms with Gasteiger partial charge in [-0.15, -0.1) is 0 Å². The summed E-state index contributed by atoms with van der Waals surface area (Å²) < 4.78 is 13.4. The summed E-state index contributed by atoms with van der Waals surface area (Å²) in [5, 5.41) is 0. The summed E-state index contributed by atoms with van der Waals surface area (Å²) in [6.45, 7) is 2.32. The van der Waals surface area contributed by atoms with Crippen molar-refractivity contribution in [2.24, 2.45) is 0 Å². The van der Waals surface area contributed by atoms with E-state index >= 15 is 0 Å². The van der Waals surface area contributed by atoms with Crippen molar-refractivity contribution in [3.05, 3.63) is 58.5 Å². The molecule has 30 heavy (non-hydrogen) atoms. The van der Waals surface area contributed by atoms with Gasteiger partial charge >= 0.3 is 5.69 Å². The van der Waals surface area contributed by atoms with Gasteiger partial charge in [0.1, 0.15) is 6.54 Å². The molecule has 3 aromatic rings. The lowest BCUT2D eigenvalue weighted by Gasteiger charge is -2.11. The topological polar surface area (TPSA) is 104 Å². The maximum absolute atomic E-state index is 12.7. The Morgan fingerprint density at radius 2 is 1.60 bits per heavy atom. The van der Waals surface area contributed by atoms with Crippen LogP contribution in [0.1, 0.15) is 23.7 Å². The molecule has 0 spiro atoms. The number of carbonyl (C=O) groups is 2. The Labute approximate surface area is 173 Å². The molecular weight excluding hydrogens is 388 g/mol. The fourth-order valence-corrected chi connectivity index (χ4v) is 3.22. The SMILES string of the molecule is CCCn1c(=O)n(CC(=O)NNC(=O)c2ccc(OC)c(OC)c2)c2ccccc21. The zero-order valence-corrected chi connectivity index (χ0v) is 17.1. The monoisotopic (exact) mass is 412 g/mol. The third-order valence-corrected chi connectivity index (χ3v) is 4.64. The average Bonchev–Trinajstić information content (AvgIpc) is 3.03. The first kappa shape index (κ1) is 21.0. The Hall–Kier alpha value is -3.75. The Morgan fingerprint density at radius 1 is 0.933 bits per heavy atom. The van der Waals surface area contributed by atoms with E-state index in [1.165, 1.54) is 24.9 Å². The number of carbonyl (C=O) groups excluding carboxylic acids is 2. The second-order valence-corrected chi connectivity index (χ2v) is 6.58. The molecule has 0 aliphatic rings. The van der Waals surface area contributed by atoms with E-state index in [-0.39, 0.29) is 17.8 Å². The lowest BCUT2D eigenvalue weighted by atomic mass is 10.2. The highest BCUT2D eigenvalue weighted by molar-refractivity contribution is 5.96. The molecule has 0 bridgehead atoms. The molecule has 0 aliphatic carbocycles. The number of methoxy groups -OCH3 is 2. The minimum atomic E-state index is -0.523. The number of ether oxygens (including phenoxy) is 2. The molecule has 2 aromatic carbocycles. The van der Waals surface area contributed by atoms with Crippen molar-refractivity contribution >= 4 is 22.8 Å². The molecule has 0 fully saturated rings. The second kappa shape index (κ2) is 9.17. The number of aryl methyl sites for hydroxylation is 1. The number of para-hydroxylation sites is 2. The highest BCUT2D eigenvalue weighted by Crippen LogP contribution is 2.27. The molecule has 158 valence electrons. The van der Waals surface area contributed by atoms with Gasteiger partial charge in [-0.25, -0.2) is 4.79 Å². The third-order valence-electron chi connectivity index (χ3n) is 4.64. The highest BCUT2D eigenvalue weighted by atomic mass is 16.5. The van der Waals surface area contributed by atoms with Crippen LogP contribution in [0.5, 0.6) is 11.5 Å². The van der Waals surface area contributed by atoms with Crippen LogP contribution >= 0.6 is 0 Å². The molecule has 2 amide bonds. The summed E-state index contributed by atoms with van der Waals surface area (Å²) in [5.41, 5.74) is 6.15. The fourth-order valence-electron chi connectivity index (χ4n) is 3.22. The molecule has 2 N–H and O–H groups in total. The van der Waals surface area contributed by atoms with Crippen LogP contribution in [-0.4, -0.2) is 35.2 Å². The maximum atomic E-state index is 12.7. The van der Waals surface area contributed by atoms with Crippen molar-refractivity contribution in [3.8, 4) is 11.5 Å². The zero-order valence-electron chi connectivity index (χ0n) is 17.1. The van der Waals surface area contributed by atoms with Crippen LogP contribution < -0.4 is 26.0 Å². The van der Waals surface area contributed by atoms with Gasteiger partial charge in [-0.1, -0.05) is 19.1 Å². The van der Waals surface area contributed by atoms with Crippen LogP contribution in [0.4, 0.5) is 0 Å². The van der Waals surface area contributed by atoms with E-state index in [1.54, 1.807) is 22.8 Å². The fraction of sp³-hybridized carbons (Fsp3) is 0.286. The predicted octanol–water partition coefficient (Wildman–Crippen LogP) is 1.69. The molecular formula is C21H24N4O5. The number of nitrogens with one attached hydrogen (secondary N) is 2. The Balaban J connectivity index is 1.72. The molecule has 9 nitrogen and oxygen atoms in total. The number of hydrogen-bond acceptors (Lipinski definition) is 5. The van der Waals surface area contributed by atoms with E-state index in [4.69, 9.17) is 9.47 Å². The molecule has 1 aromatic heterocycles. The van der Waals surface area contributed by atoms with Crippen molar-refractivity contribution in [2.75, 3.05) is 14.2 Å². The number of fused-ring (bicyclic) bond motifs is 1. The van der Waals surface area contributed by atoms with Gasteiger partial charge < -0.3 is 9.47 Å². The van der Waals surface area contributed by atoms with Gasteiger partial charge in [-0.3, -0.25) is 29.6 Å². The van der Waals surface area contributed by atoms with Gasteiger partial charge in [0.15, 0.2) is 11.5 Å². The number of hydrazine groups is 1. The van der Waals surface area contributed by atoms with E-state index in [0.29, 0.717) is 23.6 Å². The lowest BCUT2D eigenvalue weighted by Crippen LogP contribution is -2.44. The number of aromatic nitrogens is 2. The van der Waals surface area contributed by atoms with Crippen LogP contribution in [0.25, 0.3) is 11.0 Å². The summed E-state index contributed by atoms with van der Waals surface area (Å²) in [6.07, 6.45) is 0.793. The van der Waals surface area contributed by atoms with Gasteiger partial charge in [-0.2, -0.15) is 0 Å². The summed E-state index contributed by atoms with van der Waals surface area (Å²) in [6, 6.07) is 11.9. The minimum Gasteiger partial charge on any atom is -0.493 e. The summed E-state index contributed by atoms with van der Waals surface area (Å²) in [5.74, 6) is -0.164.